The van der Waals surface area contributed by atoms with Gasteiger partial charge in [0, 0.05) is 6.07 Å². The maximum absolute atomic E-state index is 11.4. The molecule has 1 amide bonds. The zero-order chi connectivity index (χ0) is 18.6. The second-order valence-corrected chi connectivity index (χ2v) is 6.00. The van der Waals surface area contributed by atoms with Crippen molar-refractivity contribution in [3.05, 3.63) is 48.0 Å². The molecule has 0 N–H and O–H groups in total. The predicted molar refractivity (Wildman–Crippen MR) is 100 cm³/mol. The van der Waals surface area contributed by atoms with Gasteiger partial charge in [-0.3, -0.25) is 0 Å². The minimum absolute atomic E-state index is 0.405. The van der Waals surface area contributed by atoms with Crippen molar-refractivity contribution in [1.29, 1.82) is 0 Å². The van der Waals surface area contributed by atoms with Crippen molar-refractivity contribution in [2.45, 2.75) is 45.4 Å². The number of unbranched alkanes of at least 4 members (excludes halogenated alkanes) is 5. The second kappa shape index (κ2) is 11.1. The van der Waals surface area contributed by atoms with Crippen LogP contribution in [0.2, 0.25) is 0 Å². The highest BCUT2D eigenvalue weighted by Gasteiger charge is 2.06. The van der Waals surface area contributed by atoms with Gasteiger partial charge < -0.3 is 9.47 Å². The molecule has 0 unspecified atom stereocenters. The fraction of sp³-hybridized carbons (Fsp3) is 0.450. The summed E-state index contributed by atoms with van der Waals surface area (Å²) in [7, 11) is 1.29. The molecular weight excluding hydrogens is 330 g/mol. The molecule has 2 rings (SSSR count). The smallest absolute Gasteiger partial charge is 0.433 e. The van der Waals surface area contributed by atoms with Crippen LogP contribution in [0.25, 0.3) is 5.69 Å². The average Bonchev–Trinajstić information content (AvgIpc) is 2.68. The summed E-state index contributed by atoms with van der Waals surface area (Å²) in [6.07, 6.45) is 8.02. The Morgan fingerprint density at radius 1 is 1.12 bits per heavy atom. The van der Waals surface area contributed by atoms with E-state index in [-0.39, 0.29) is 0 Å². The summed E-state index contributed by atoms with van der Waals surface area (Å²) in [5.41, 5.74) is 0.884. The molecule has 140 valence electrons. The molecule has 1 heterocycles. The largest absolute Gasteiger partial charge is 0.478 e. The Hall–Kier alpha value is -2.63. The van der Waals surface area contributed by atoms with Gasteiger partial charge in [-0.05, 0) is 18.6 Å². The minimum atomic E-state index is -0.661. The number of amides is 1. The van der Waals surface area contributed by atoms with E-state index >= 15 is 0 Å². The van der Waals surface area contributed by atoms with Gasteiger partial charge in [0.1, 0.15) is 0 Å². The molecule has 1 aromatic carbocycles. The number of rotatable bonds is 9. The molecule has 2 aromatic rings. The monoisotopic (exact) mass is 357 g/mol. The van der Waals surface area contributed by atoms with Crippen molar-refractivity contribution >= 4 is 6.09 Å². The standard InChI is InChI=1S/C20H27N3O3/c1-3-4-5-6-7-11-14-26-19-15-17(22-20(24)25-2)16-21-23(19)18-12-9-8-10-13-18/h8-10,12-13,15-16H,3-7,11,14H2,1-2H3. The zero-order valence-electron chi connectivity index (χ0n) is 15.6. The molecule has 0 spiro atoms. The van der Waals surface area contributed by atoms with Gasteiger partial charge in [-0.25, -0.2) is 9.48 Å². The Morgan fingerprint density at radius 3 is 2.58 bits per heavy atom. The van der Waals surface area contributed by atoms with Crippen LogP contribution < -0.4 is 10.1 Å². The molecule has 0 aliphatic heterocycles. The SMILES string of the molecule is CCCCCCCCOc1cc(=NC(=O)OC)cnn1-c1ccccc1. The normalized spacial score (nSPS) is 11.4. The van der Waals surface area contributed by atoms with Crippen LogP contribution in [0.4, 0.5) is 4.79 Å². The van der Waals surface area contributed by atoms with E-state index in [1.54, 1.807) is 10.7 Å². The second-order valence-electron chi connectivity index (χ2n) is 6.00. The molecule has 0 fully saturated rings. The number of benzene rings is 1. The van der Waals surface area contributed by atoms with Crippen LogP contribution in [0.1, 0.15) is 45.4 Å². The van der Waals surface area contributed by atoms with Crippen molar-refractivity contribution in [3.63, 3.8) is 0 Å². The lowest BCUT2D eigenvalue weighted by Gasteiger charge is -2.13. The molecule has 0 saturated carbocycles. The topological polar surface area (TPSA) is 65.7 Å². The molecule has 0 aliphatic carbocycles. The number of methoxy groups -OCH3 is 1. The lowest BCUT2D eigenvalue weighted by atomic mass is 10.1. The Labute approximate surface area is 154 Å². The molecular formula is C20H27N3O3. The fourth-order valence-electron chi connectivity index (χ4n) is 2.54. The Morgan fingerprint density at radius 2 is 1.85 bits per heavy atom. The third-order valence-electron chi connectivity index (χ3n) is 3.93. The molecule has 0 aliphatic rings. The van der Waals surface area contributed by atoms with Crippen LogP contribution in [0, 0.1) is 0 Å². The van der Waals surface area contributed by atoms with Gasteiger partial charge in [0.15, 0.2) is 0 Å². The quantitative estimate of drug-likeness (QED) is 0.628. The van der Waals surface area contributed by atoms with Crippen LogP contribution in [0.3, 0.4) is 0 Å². The summed E-state index contributed by atoms with van der Waals surface area (Å²) < 4.78 is 12.2. The number of hydrogen-bond acceptors (Lipinski definition) is 4. The summed E-state index contributed by atoms with van der Waals surface area (Å²) in [6.45, 7) is 2.81. The van der Waals surface area contributed by atoms with E-state index in [9.17, 15) is 4.79 Å². The van der Waals surface area contributed by atoms with Gasteiger partial charge in [0.2, 0.25) is 5.88 Å². The number of hydrogen-bond donors (Lipinski definition) is 0. The molecule has 0 atom stereocenters. The van der Waals surface area contributed by atoms with Crippen LogP contribution in [0.5, 0.6) is 5.88 Å². The molecule has 0 saturated heterocycles. The van der Waals surface area contributed by atoms with Gasteiger partial charge in [0.25, 0.3) is 0 Å². The van der Waals surface area contributed by atoms with Crippen LogP contribution in [-0.2, 0) is 4.74 Å². The maximum atomic E-state index is 11.4. The Kier molecular flexibility index (Phi) is 8.39. The predicted octanol–water partition coefficient (Wildman–Crippen LogP) is 4.28. The number of aromatic nitrogens is 2. The van der Waals surface area contributed by atoms with E-state index < -0.39 is 6.09 Å². The van der Waals surface area contributed by atoms with Crippen molar-refractivity contribution in [1.82, 2.24) is 9.78 Å². The van der Waals surface area contributed by atoms with Crippen LogP contribution >= 0.6 is 0 Å². The average molecular weight is 357 g/mol. The first-order valence-electron chi connectivity index (χ1n) is 9.15. The van der Waals surface area contributed by atoms with Gasteiger partial charge in [-0.1, -0.05) is 57.2 Å². The molecule has 1 aromatic heterocycles. The molecule has 6 nitrogen and oxygen atoms in total. The number of carbonyl (C=O) groups excluding carboxylic acids is 1. The third-order valence-corrected chi connectivity index (χ3v) is 3.93. The highest BCUT2D eigenvalue weighted by molar-refractivity contribution is 5.68. The Bertz CT molecular complexity index is 741. The summed E-state index contributed by atoms with van der Waals surface area (Å²) in [6, 6.07) is 11.4. The number of ether oxygens (including phenoxy) is 2. The lowest BCUT2D eigenvalue weighted by Crippen LogP contribution is -2.15. The molecule has 0 bridgehead atoms. The molecule has 26 heavy (non-hydrogen) atoms. The van der Waals surface area contributed by atoms with Crippen molar-refractivity contribution in [2.24, 2.45) is 4.99 Å². The van der Waals surface area contributed by atoms with E-state index in [4.69, 9.17) is 4.74 Å². The van der Waals surface area contributed by atoms with E-state index in [2.05, 4.69) is 21.8 Å². The van der Waals surface area contributed by atoms with Gasteiger partial charge in [-0.15, -0.1) is 0 Å². The van der Waals surface area contributed by atoms with Crippen molar-refractivity contribution in [2.75, 3.05) is 13.7 Å². The third kappa shape index (κ3) is 6.35. The Balaban J connectivity index is 2.10. The fourth-order valence-corrected chi connectivity index (χ4v) is 2.54. The number of para-hydroxylation sites is 1. The minimum Gasteiger partial charge on any atom is -0.478 e. The first kappa shape index (κ1) is 19.7. The summed E-state index contributed by atoms with van der Waals surface area (Å²) in [5.74, 6) is 0.551. The summed E-state index contributed by atoms with van der Waals surface area (Å²) >= 11 is 0. The summed E-state index contributed by atoms with van der Waals surface area (Å²) in [4.78, 5) is 15.2. The highest BCUT2D eigenvalue weighted by atomic mass is 16.5. The van der Waals surface area contributed by atoms with E-state index in [0.717, 1.165) is 18.5 Å². The lowest BCUT2D eigenvalue weighted by molar-refractivity contribution is 0.181. The summed E-state index contributed by atoms with van der Waals surface area (Å²) in [5, 5.41) is 4.77. The van der Waals surface area contributed by atoms with Gasteiger partial charge in [-0.2, -0.15) is 10.1 Å². The number of nitrogens with zero attached hydrogens (tertiary/aromatic N) is 3. The van der Waals surface area contributed by atoms with Gasteiger partial charge in [0.05, 0.1) is 31.0 Å². The van der Waals surface area contributed by atoms with Crippen molar-refractivity contribution in [3.8, 4) is 11.6 Å². The van der Waals surface area contributed by atoms with Crippen molar-refractivity contribution < 1.29 is 14.3 Å². The highest BCUT2D eigenvalue weighted by Crippen LogP contribution is 2.15. The molecule has 6 heteroatoms. The van der Waals surface area contributed by atoms with E-state index in [1.807, 2.05) is 30.3 Å². The number of carbonyl (C=O) groups is 1. The van der Waals surface area contributed by atoms with E-state index in [1.165, 1.54) is 39.0 Å². The van der Waals surface area contributed by atoms with Crippen LogP contribution in [0.15, 0.2) is 47.6 Å². The maximum Gasteiger partial charge on any atom is 0.433 e. The zero-order valence-corrected chi connectivity index (χ0v) is 15.6. The van der Waals surface area contributed by atoms with Crippen LogP contribution in [-0.4, -0.2) is 29.6 Å². The molecule has 0 radical (unpaired) electrons. The van der Waals surface area contributed by atoms with Gasteiger partial charge >= 0.3 is 6.09 Å². The van der Waals surface area contributed by atoms with E-state index in [0.29, 0.717) is 17.8 Å². The first-order chi connectivity index (χ1) is 12.7. The first-order valence-corrected chi connectivity index (χ1v) is 9.15.